The Kier molecular flexibility index (Phi) is 6.15. The van der Waals surface area contributed by atoms with Crippen molar-refractivity contribution in [1.29, 1.82) is 0 Å². The summed E-state index contributed by atoms with van der Waals surface area (Å²) in [5, 5.41) is 9.64. The minimum absolute atomic E-state index is 0.0300. The van der Waals surface area contributed by atoms with Gasteiger partial charge in [-0.3, -0.25) is 9.36 Å². The smallest absolute Gasteiger partial charge is 0.416 e. The molecule has 2 rings (SSSR count). The molecule has 5 nitrogen and oxygen atoms in total. The molecule has 9 heteroatoms. The van der Waals surface area contributed by atoms with Crippen molar-refractivity contribution >= 4 is 19.3 Å². The van der Waals surface area contributed by atoms with Crippen molar-refractivity contribution in [1.82, 2.24) is 9.47 Å². The molecule has 1 unspecified atom stereocenters. The predicted molar refractivity (Wildman–Crippen MR) is 98.4 cm³/mol. The number of nitrogens with zero attached hydrogens (tertiary/aromatic N) is 2. The Balaban J connectivity index is 2.65. The van der Waals surface area contributed by atoms with Crippen LogP contribution in [0, 0.1) is 0 Å². The van der Waals surface area contributed by atoms with Crippen molar-refractivity contribution in [2.45, 2.75) is 18.6 Å². The van der Waals surface area contributed by atoms with Crippen LogP contribution >= 0.6 is 0 Å². The van der Waals surface area contributed by atoms with Gasteiger partial charge in [-0.2, -0.15) is 13.2 Å². The fraction of sp³-hybridized carbons (Fsp3) is 0.333. The van der Waals surface area contributed by atoms with Crippen molar-refractivity contribution in [3.8, 4) is 0 Å². The summed E-state index contributed by atoms with van der Waals surface area (Å²) in [6, 6.07) is 5.62. The third-order valence-electron chi connectivity index (χ3n) is 4.17. The zero-order valence-electron chi connectivity index (χ0n) is 15.2. The van der Waals surface area contributed by atoms with Crippen LogP contribution in [0.15, 0.2) is 41.3 Å². The molecule has 0 aliphatic rings. The van der Waals surface area contributed by atoms with Gasteiger partial charge in [0.2, 0.25) is 0 Å². The van der Waals surface area contributed by atoms with E-state index in [1.54, 1.807) is 45.0 Å². The van der Waals surface area contributed by atoms with Gasteiger partial charge in [0.25, 0.3) is 5.56 Å². The van der Waals surface area contributed by atoms with Gasteiger partial charge >= 0.3 is 12.1 Å². The van der Waals surface area contributed by atoms with E-state index < -0.39 is 29.3 Å². The monoisotopic (exact) mass is 380 g/mol. The number of pyridine rings is 1. The first-order chi connectivity index (χ1) is 12.5. The Labute approximate surface area is 155 Å². The van der Waals surface area contributed by atoms with Crippen LogP contribution in [0.25, 0.3) is 0 Å². The number of aromatic nitrogens is 1. The van der Waals surface area contributed by atoms with E-state index in [0.717, 1.165) is 16.2 Å². The Morgan fingerprint density at radius 3 is 2.48 bits per heavy atom. The first-order valence-electron chi connectivity index (χ1n) is 8.27. The molecule has 1 heterocycles. The lowest BCUT2D eigenvalue weighted by atomic mass is 9.92. The summed E-state index contributed by atoms with van der Waals surface area (Å²) in [6.45, 7) is 0.323. The maximum absolute atomic E-state index is 13.3. The molecule has 0 radical (unpaired) electrons. The molecule has 0 spiro atoms. The van der Waals surface area contributed by atoms with Crippen LogP contribution in [0.2, 0.25) is 0 Å². The molecule has 1 atom stereocenters. The minimum atomic E-state index is -4.69. The van der Waals surface area contributed by atoms with E-state index in [1.807, 2.05) is 0 Å². The molecule has 0 aliphatic carbocycles. The number of carboxylic acid groups (broad SMARTS) is 1. The van der Waals surface area contributed by atoms with E-state index in [0.29, 0.717) is 18.2 Å². The average molecular weight is 380 g/mol. The Bertz CT molecular complexity index is 894. The number of hydrogen-bond donors (Lipinski definition) is 1. The summed E-state index contributed by atoms with van der Waals surface area (Å²) < 4.78 is 40.9. The highest BCUT2D eigenvalue weighted by molar-refractivity contribution is 6.32. The number of likely N-dealkylation sites (N-methyl/N-ethyl adjacent to an activating group) is 1. The van der Waals surface area contributed by atoms with E-state index in [9.17, 15) is 27.9 Å². The highest BCUT2D eigenvalue weighted by Gasteiger charge is 2.35. The largest absolute Gasteiger partial charge is 0.479 e. The van der Waals surface area contributed by atoms with E-state index in [-0.39, 0.29) is 12.0 Å². The number of aliphatic carboxylic acids is 1. The molecule has 0 aliphatic heterocycles. The van der Waals surface area contributed by atoms with Gasteiger partial charge in [0.05, 0.1) is 5.56 Å². The summed E-state index contributed by atoms with van der Waals surface area (Å²) in [4.78, 5) is 25.9. The van der Waals surface area contributed by atoms with Crippen molar-refractivity contribution in [3.63, 3.8) is 0 Å². The molecule has 0 bridgehead atoms. The summed E-state index contributed by atoms with van der Waals surface area (Å²) in [5.41, 5.74) is -1.05. The van der Waals surface area contributed by atoms with Crippen LogP contribution in [0.1, 0.15) is 22.7 Å². The van der Waals surface area contributed by atoms with Crippen molar-refractivity contribution < 1.29 is 23.1 Å². The van der Waals surface area contributed by atoms with Gasteiger partial charge in [0.1, 0.15) is 7.85 Å². The summed E-state index contributed by atoms with van der Waals surface area (Å²) >= 11 is 0. The first kappa shape index (κ1) is 20.8. The van der Waals surface area contributed by atoms with Crippen LogP contribution in [0.3, 0.4) is 0 Å². The lowest BCUT2D eigenvalue weighted by Crippen LogP contribution is -2.33. The van der Waals surface area contributed by atoms with E-state index >= 15 is 0 Å². The molecule has 144 valence electrons. The fourth-order valence-corrected chi connectivity index (χ4v) is 2.86. The van der Waals surface area contributed by atoms with Gasteiger partial charge in [-0.15, -0.1) is 0 Å². The second-order valence-electron chi connectivity index (χ2n) is 6.66. The molecule has 0 amide bonds. The van der Waals surface area contributed by atoms with Crippen LogP contribution in [0.5, 0.6) is 0 Å². The van der Waals surface area contributed by atoms with Crippen molar-refractivity contribution in [2.24, 2.45) is 0 Å². The second-order valence-corrected chi connectivity index (χ2v) is 6.66. The number of carboxylic acids is 1. The maximum atomic E-state index is 13.3. The quantitative estimate of drug-likeness (QED) is 0.757. The molecular weight excluding hydrogens is 360 g/mol. The number of benzene rings is 1. The van der Waals surface area contributed by atoms with Gasteiger partial charge in [-0.05, 0) is 31.6 Å². The zero-order valence-corrected chi connectivity index (χ0v) is 15.2. The fourth-order valence-electron chi connectivity index (χ4n) is 2.86. The third kappa shape index (κ3) is 5.00. The SMILES string of the molecule is Bc1cccc(C(C(=O)O)n2cc(CCN(C)C)c(C(F)(F)F)cc2=O)c1. The molecule has 0 saturated heterocycles. The standard InChI is InChI=1S/C18H20BF3N2O3/c1-23(2)7-6-12-10-24(15(25)9-14(12)18(20,21)22)16(17(26)27)11-4-3-5-13(19)8-11/h3-5,8-10,16H,6-7,19H2,1-2H3,(H,26,27). The van der Waals surface area contributed by atoms with Gasteiger partial charge in [-0.25, -0.2) is 4.79 Å². The van der Waals surface area contributed by atoms with Gasteiger partial charge < -0.3 is 10.0 Å². The van der Waals surface area contributed by atoms with Gasteiger partial charge in [-0.1, -0.05) is 29.7 Å². The normalized spacial score (nSPS) is 13.0. The van der Waals surface area contributed by atoms with E-state index in [2.05, 4.69) is 0 Å². The molecule has 1 aromatic heterocycles. The molecule has 0 fully saturated rings. The molecule has 1 aromatic carbocycles. The molecule has 27 heavy (non-hydrogen) atoms. The number of alkyl halides is 3. The van der Waals surface area contributed by atoms with Crippen LogP contribution < -0.4 is 11.0 Å². The lowest BCUT2D eigenvalue weighted by molar-refractivity contribution is -0.139. The first-order valence-corrected chi connectivity index (χ1v) is 8.27. The van der Waals surface area contributed by atoms with Crippen LogP contribution in [-0.2, 0) is 17.4 Å². The van der Waals surface area contributed by atoms with E-state index in [4.69, 9.17) is 0 Å². The second kappa shape index (κ2) is 8.00. The van der Waals surface area contributed by atoms with Crippen LogP contribution in [-0.4, -0.2) is 49.0 Å². The number of halogens is 3. The maximum Gasteiger partial charge on any atom is 0.416 e. The van der Waals surface area contributed by atoms with Gasteiger partial charge in [0.15, 0.2) is 6.04 Å². The minimum Gasteiger partial charge on any atom is -0.479 e. The topological polar surface area (TPSA) is 62.5 Å². The number of hydrogen-bond acceptors (Lipinski definition) is 3. The van der Waals surface area contributed by atoms with Crippen molar-refractivity contribution in [3.05, 3.63) is 63.6 Å². The molecular formula is C18H20BF3N2O3. The predicted octanol–water partition coefficient (Wildman–Crippen LogP) is 0.904. The number of carbonyl (C=O) groups is 1. The summed E-state index contributed by atoms with van der Waals surface area (Å²) in [7, 11) is 5.20. The summed E-state index contributed by atoms with van der Waals surface area (Å²) in [5.74, 6) is -1.32. The van der Waals surface area contributed by atoms with E-state index in [1.165, 1.54) is 6.07 Å². The zero-order chi connectivity index (χ0) is 20.4. The molecule has 2 aromatic rings. The summed E-state index contributed by atoms with van der Waals surface area (Å²) in [6.07, 6.45) is -3.64. The Hall–Kier alpha value is -2.55. The molecule has 0 saturated carbocycles. The highest BCUT2D eigenvalue weighted by atomic mass is 19.4. The van der Waals surface area contributed by atoms with Gasteiger partial charge in [0, 0.05) is 18.8 Å². The Morgan fingerprint density at radius 2 is 1.96 bits per heavy atom. The third-order valence-corrected chi connectivity index (χ3v) is 4.17. The molecule has 1 N–H and O–H groups in total. The average Bonchev–Trinajstić information content (AvgIpc) is 2.53. The van der Waals surface area contributed by atoms with Crippen LogP contribution in [0.4, 0.5) is 13.2 Å². The highest BCUT2D eigenvalue weighted by Crippen LogP contribution is 2.32. The Morgan fingerprint density at radius 1 is 1.30 bits per heavy atom. The number of rotatable bonds is 6. The van der Waals surface area contributed by atoms with Crippen molar-refractivity contribution in [2.75, 3.05) is 20.6 Å². The lowest BCUT2D eigenvalue weighted by Gasteiger charge is -2.21.